The van der Waals surface area contributed by atoms with E-state index in [9.17, 15) is 13.6 Å². The van der Waals surface area contributed by atoms with Gasteiger partial charge in [0.25, 0.3) is 5.91 Å². The van der Waals surface area contributed by atoms with Gasteiger partial charge >= 0.3 is 0 Å². The van der Waals surface area contributed by atoms with Gasteiger partial charge in [-0.15, -0.1) is 0 Å². The predicted octanol–water partition coefficient (Wildman–Crippen LogP) is 3.07. The third-order valence-electron chi connectivity index (χ3n) is 3.53. The second kappa shape index (κ2) is 5.15. The predicted molar refractivity (Wildman–Crippen MR) is 70.2 cm³/mol. The second-order valence-corrected chi connectivity index (χ2v) is 5.21. The fourth-order valence-corrected chi connectivity index (χ4v) is 2.23. The molecule has 0 unspecified atom stereocenters. The van der Waals surface area contributed by atoms with E-state index in [4.69, 9.17) is 0 Å². The molecule has 0 heterocycles. The zero-order valence-corrected chi connectivity index (χ0v) is 11.1. The van der Waals surface area contributed by atoms with Gasteiger partial charge in [-0.2, -0.15) is 0 Å². The van der Waals surface area contributed by atoms with Crippen LogP contribution in [0, 0.1) is 11.6 Å². The first-order chi connectivity index (χ1) is 8.95. The summed E-state index contributed by atoms with van der Waals surface area (Å²) in [6.07, 6.45) is 2.87. The van der Waals surface area contributed by atoms with E-state index in [2.05, 4.69) is 10.6 Å². The SMILES string of the molecule is CCNc1c(F)cc(C(=O)NC2(C)CCC2)cc1F. The average molecular weight is 268 g/mol. The van der Waals surface area contributed by atoms with Crippen molar-refractivity contribution in [1.29, 1.82) is 0 Å². The first-order valence-corrected chi connectivity index (χ1v) is 6.50. The highest BCUT2D eigenvalue weighted by Crippen LogP contribution is 2.31. The third kappa shape index (κ3) is 2.85. The van der Waals surface area contributed by atoms with Crippen molar-refractivity contribution in [1.82, 2.24) is 5.32 Å². The molecular formula is C14H18F2N2O. The highest BCUT2D eigenvalue weighted by Gasteiger charge is 2.33. The normalized spacial score (nSPS) is 16.6. The van der Waals surface area contributed by atoms with Crippen molar-refractivity contribution in [2.24, 2.45) is 0 Å². The standard InChI is InChI=1S/C14H18F2N2O/c1-3-17-12-10(15)7-9(8-11(12)16)13(19)18-14(2)5-4-6-14/h7-8,17H,3-6H2,1-2H3,(H,18,19). The summed E-state index contributed by atoms with van der Waals surface area (Å²) >= 11 is 0. The van der Waals surface area contributed by atoms with Crippen LogP contribution in [0.25, 0.3) is 0 Å². The first-order valence-electron chi connectivity index (χ1n) is 6.50. The number of amides is 1. The van der Waals surface area contributed by atoms with Crippen molar-refractivity contribution in [2.45, 2.75) is 38.6 Å². The quantitative estimate of drug-likeness (QED) is 0.881. The highest BCUT2D eigenvalue weighted by atomic mass is 19.1. The van der Waals surface area contributed by atoms with E-state index < -0.39 is 17.5 Å². The Bertz CT molecular complexity index is 475. The molecular weight excluding hydrogens is 250 g/mol. The number of benzene rings is 1. The molecule has 104 valence electrons. The summed E-state index contributed by atoms with van der Waals surface area (Å²) in [5, 5.41) is 5.42. The van der Waals surface area contributed by atoms with Crippen molar-refractivity contribution >= 4 is 11.6 Å². The number of halogens is 2. The van der Waals surface area contributed by atoms with Gasteiger partial charge in [-0.05, 0) is 45.2 Å². The molecule has 1 aromatic carbocycles. The average Bonchev–Trinajstić information content (AvgIpc) is 2.31. The molecule has 1 amide bonds. The van der Waals surface area contributed by atoms with Gasteiger partial charge in [-0.1, -0.05) is 0 Å². The monoisotopic (exact) mass is 268 g/mol. The minimum absolute atomic E-state index is 0.0183. The molecule has 0 aliphatic heterocycles. The van der Waals surface area contributed by atoms with E-state index >= 15 is 0 Å². The van der Waals surface area contributed by atoms with Crippen LogP contribution in [0.1, 0.15) is 43.5 Å². The maximum absolute atomic E-state index is 13.7. The van der Waals surface area contributed by atoms with Crippen LogP contribution in [0.15, 0.2) is 12.1 Å². The van der Waals surface area contributed by atoms with Crippen LogP contribution in [0.3, 0.4) is 0 Å². The molecule has 0 radical (unpaired) electrons. The van der Waals surface area contributed by atoms with Crippen LogP contribution >= 0.6 is 0 Å². The Kier molecular flexibility index (Phi) is 3.73. The molecule has 19 heavy (non-hydrogen) atoms. The molecule has 2 N–H and O–H groups in total. The van der Waals surface area contributed by atoms with E-state index in [0.29, 0.717) is 6.54 Å². The van der Waals surface area contributed by atoms with Crippen LogP contribution in [0.5, 0.6) is 0 Å². The Morgan fingerprint density at radius 2 is 1.89 bits per heavy atom. The number of nitrogens with one attached hydrogen (secondary N) is 2. The lowest BCUT2D eigenvalue weighted by atomic mass is 9.78. The van der Waals surface area contributed by atoms with Gasteiger partial charge in [0.1, 0.15) is 17.3 Å². The molecule has 2 rings (SSSR count). The smallest absolute Gasteiger partial charge is 0.251 e. The first kappa shape index (κ1) is 13.8. The maximum atomic E-state index is 13.7. The molecule has 1 saturated carbocycles. The molecule has 0 bridgehead atoms. The van der Waals surface area contributed by atoms with Crippen LogP contribution in [0.4, 0.5) is 14.5 Å². The summed E-state index contributed by atoms with van der Waals surface area (Å²) in [5.74, 6) is -1.92. The Morgan fingerprint density at radius 1 is 1.32 bits per heavy atom. The van der Waals surface area contributed by atoms with E-state index in [0.717, 1.165) is 31.4 Å². The lowest BCUT2D eigenvalue weighted by molar-refractivity contribution is 0.0849. The third-order valence-corrected chi connectivity index (χ3v) is 3.53. The van der Waals surface area contributed by atoms with Crippen molar-refractivity contribution in [3.8, 4) is 0 Å². The van der Waals surface area contributed by atoms with E-state index in [1.165, 1.54) is 0 Å². The molecule has 5 heteroatoms. The summed E-state index contributed by atoms with van der Waals surface area (Å²) in [6.45, 7) is 4.10. The van der Waals surface area contributed by atoms with E-state index in [1.54, 1.807) is 6.92 Å². The van der Waals surface area contributed by atoms with Crippen molar-refractivity contribution in [3.63, 3.8) is 0 Å². The summed E-state index contributed by atoms with van der Waals surface area (Å²) in [5.41, 5.74) is -0.400. The zero-order chi connectivity index (χ0) is 14.0. The van der Waals surface area contributed by atoms with Gasteiger partial charge in [-0.25, -0.2) is 8.78 Å². The molecule has 0 saturated heterocycles. The Labute approximate surface area is 111 Å². The molecule has 0 aromatic heterocycles. The number of carbonyl (C=O) groups is 1. The number of anilines is 1. The molecule has 1 aliphatic carbocycles. The number of carbonyl (C=O) groups excluding carboxylic acids is 1. The molecule has 1 fully saturated rings. The number of hydrogen-bond acceptors (Lipinski definition) is 2. The molecule has 1 aliphatic rings. The Hall–Kier alpha value is -1.65. The largest absolute Gasteiger partial charge is 0.381 e. The topological polar surface area (TPSA) is 41.1 Å². The van der Waals surface area contributed by atoms with Crippen LogP contribution in [-0.4, -0.2) is 18.0 Å². The minimum atomic E-state index is -0.745. The van der Waals surface area contributed by atoms with Crippen LogP contribution in [-0.2, 0) is 0 Å². The van der Waals surface area contributed by atoms with Gasteiger partial charge in [0, 0.05) is 17.6 Å². The number of rotatable bonds is 4. The maximum Gasteiger partial charge on any atom is 0.251 e. The van der Waals surface area contributed by atoms with Gasteiger partial charge in [0.05, 0.1) is 0 Å². The second-order valence-electron chi connectivity index (χ2n) is 5.21. The van der Waals surface area contributed by atoms with Crippen LogP contribution in [0.2, 0.25) is 0 Å². The Balaban J connectivity index is 2.18. The van der Waals surface area contributed by atoms with Crippen molar-refractivity contribution in [3.05, 3.63) is 29.3 Å². The summed E-state index contributed by atoms with van der Waals surface area (Å²) in [7, 11) is 0. The summed E-state index contributed by atoms with van der Waals surface area (Å²) < 4.78 is 27.4. The molecule has 3 nitrogen and oxygen atoms in total. The van der Waals surface area contributed by atoms with E-state index in [-0.39, 0.29) is 16.8 Å². The number of hydrogen-bond donors (Lipinski definition) is 2. The fraction of sp³-hybridized carbons (Fsp3) is 0.500. The van der Waals surface area contributed by atoms with Crippen LogP contribution < -0.4 is 10.6 Å². The minimum Gasteiger partial charge on any atom is -0.381 e. The zero-order valence-electron chi connectivity index (χ0n) is 11.1. The summed E-state index contributed by atoms with van der Waals surface area (Å²) in [6, 6.07) is 2.14. The lowest BCUT2D eigenvalue weighted by Crippen LogP contribution is -2.50. The molecule has 1 aromatic rings. The van der Waals surface area contributed by atoms with Crippen molar-refractivity contribution < 1.29 is 13.6 Å². The fourth-order valence-electron chi connectivity index (χ4n) is 2.23. The van der Waals surface area contributed by atoms with Gasteiger partial charge < -0.3 is 10.6 Å². The molecule has 0 atom stereocenters. The highest BCUT2D eigenvalue weighted by molar-refractivity contribution is 5.95. The van der Waals surface area contributed by atoms with Gasteiger partial charge in [-0.3, -0.25) is 4.79 Å². The van der Waals surface area contributed by atoms with Crippen molar-refractivity contribution in [2.75, 3.05) is 11.9 Å². The molecule has 0 spiro atoms. The lowest BCUT2D eigenvalue weighted by Gasteiger charge is -2.39. The van der Waals surface area contributed by atoms with Gasteiger partial charge in [0.15, 0.2) is 0 Å². The summed E-state index contributed by atoms with van der Waals surface area (Å²) in [4.78, 5) is 12.0. The van der Waals surface area contributed by atoms with Gasteiger partial charge in [0.2, 0.25) is 0 Å². The Morgan fingerprint density at radius 3 is 2.32 bits per heavy atom. The van der Waals surface area contributed by atoms with E-state index in [1.807, 2.05) is 6.92 Å².